The normalized spacial score (nSPS) is 10.1. The molecule has 1 aromatic carbocycles. The Bertz CT molecular complexity index is 341. The summed E-state index contributed by atoms with van der Waals surface area (Å²) in [7, 11) is -1.20. The van der Waals surface area contributed by atoms with Crippen LogP contribution in [0.5, 0.6) is 5.75 Å². The van der Waals surface area contributed by atoms with Crippen molar-refractivity contribution in [1.29, 1.82) is 0 Å². The van der Waals surface area contributed by atoms with Gasteiger partial charge in [0.15, 0.2) is 5.75 Å². The fraction of sp³-hybridized carbons (Fsp3) is 0. The summed E-state index contributed by atoms with van der Waals surface area (Å²) in [5.74, 6) is -12.2. The van der Waals surface area contributed by atoms with Crippen LogP contribution in [-0.4, -0.2) is 12.7 Å². The molecule has 0 saturated heterocycles. The number of hydrogen-bond acceptors (Lipinski definition) is 2. The van der Waals surface area contributed by atoms with Crippen molar-refractivity contribution in [3.63, 3.8) is 0 Å². The molecule has 1 aromatic rings. The molecular formula is C6H2BF5O2. The van der Waals surface area contributed by atoms with E-state index in [1.807, 2.05) is 0 Å². The highest BCUT2D eigenvalue weighted by molar-refractivity contribution is 6.17. The predicted molar refractivity (Wildman–Crippen MR) is 36.2 cm³/mol. The van der Waals surface area contributed by atoms with Crippen molar-refractivity contribution in [1.82, 2.24) is 0 Å². The van der Waals surface area contributed by atoms with Crippen LogP contribution in [0.25, 0.3) is 0 Å². The van der Waals surface area contributed by atoms with Crippen LogP contribution < -0.4 is 4.65 Å². The molecule has 0 aliphatic heterocycles. The van der Waals surface area contributed by atoms with Gasteiger partial charge in [-0.25, -0.2) is 13.2 Å². The Morgan fingerprint density at radius 1 is 0.786 bits per heavy atom. The SMILES string of the molecule is OBOc1c(F)c(F)c(F)c(F)c1F. The quantitative estimate of drug-likeness (QED) is 0.343. The Hall–Kier alpha value is -1.31. The first-order valence-electron chi connectivity index (χ1n) is 3.25. The van der Waals surface area contributed by atoms with E-state index >= 15 is 0 Å². The summed E-state index contributed by atoms with van der Waals surface area (Å²) in [6.07, 6.45) is 0. The maximum Gasteiger partial charge on any atom is 0.504 e. The zero-order valence-electron chi connectivity index (χ0n) is 6.45. The summed E-state index contributed by atoms with van der Waals surface area (Å²) in [5, 5.41) is 8.13. The molecule has 76 valence electrons. The number of benzene rings is 1. The highest BCUT2D eigenvalue weighted by atomic mass is 19.2. The van der Waals surface area contributed by atoms with Crippen LogP contribution in [0.3, 0.4) is 0 Å². The molecule has 0 aromatic heterocycles. The first kappa shape index (κ1) is 10.8. The van der Waals surface area contributed by atoms with E-state index in [2.05, 4.69) is 4.65 Å². The maximum atomic E-state index is 12.6. The minimum absolute atomic E-state index is 1.20. The molecule has 2 nitrogen and oxygen atoms in total. The first-order chi connectivity index (χ1) is 6.50. The molecule has 0 fully saturated rings. The van der Waals surface area contributed by atoms with Crippen molar-refractivity contribution in [2.45, 2.75) is 0 Å². The van der Waals surface area contributed by atoms with Gasteiger partial charge in [-0.15, -0.1) is 0 Å². The molecule has 0 bridgehead atoms. The standard InChI is InChI=1S/C6H2BF5O2/c8-1-2(9)4(11)6(14-7-13)5(12)3(1)10/h7,13H. The molecule has 14 heavy (non-hydrogen) atoms. The largest absolute Gasteiger partial charge is 0.535 e. The zero-order chi connectivity index (χ0) is 10.9. The van der Waals surface area contributed by atoms with Crippen molar-refractivity contribution in [3.05, 3.63) is 29.1 Å². The van der Waals surface area contributed by atoms with Crippen molar-refractivity contribution >= 4 is 7.69 Å². The third-order valence-corrected chi connectivity index (χ3v) is 1.38. The molecule has 0 spiro atoms. The van der Waals surface area contributed by atoms with Crippen molar-refractivity contribution in [2.75, 3.05) is 0 Å². The Balaban J connectivity index is 3.43. The second kappa shape index (κ2) is 3.83. The van der Waals surface area contributed by atoms with E-state index in [1.165, 1.54) is 0 Å². The van der Waals surface area contributed by atoms with Gasteiger partial charge < -0.3 is 9.68 Å². The highest BCUT2D eigenvalue weighted by Crippen LogP contribution is 2.28. The fourth-order valence-corrected chi connectivity index (χ4v) is 0.776. The van der Waals surface area contributed by atoms with Crippen LogP contribution >= 0.6 is 0 Å². The van der Waals surface area contributed by atoms with Gasteiger partial charge in [-0.1, -0.05) is 0 Å². The van der Waals surface area contributed by atoms with Crippen LogP contribution in [0.2, 0.25) is 0 Å². The van der Waals surface area contributed by atoms with Gasteiger partial charge in [-0.3, -0.25) is 0 Å². The Morgan fingerprint density at radius 2 is 1.14 bits per heavy atom. The molecule has 1 rings (SSSR count). The lowest BCUT2D eigenvalue weighted by Gasteiger charge is -2.07. The predicted octanol–water partition coefficient (Wildman–Crippen LogP) is 1.02. The van der Waals surface area contributed by atoms with Gasteiger partial charge in [0.1, 0.15) is 0 Å². The molecule has 0 unspecified atom stereocenters. The molecule has 0 amide bonds. The topological polar surface area (TPSA) is 29.5 Å². The Morgan fingerprint density at radius 3 is 1.50 bits per heavy atom. The Kier molecular flexibility index (Phi) is 2.95. The highest BCUT2D eigenvalue weighted by Gasteiger charge is 2.26. The lowest BCUT2D eigenvalue weighted by Crippen LogP contribution is -2.09. The Labute approximate surface area is 75.2 Å². The molecule has 0 radical (unpaired) electrons. The van der Waals surface area contributed by atoms with Crippen LogP contribution in [0.15, 0.2) is 0 Å². The van der Waals surface area contributed by atoms with E-state index in [1.54, 1.807) is 0 Å². The summed E-state index contributed by atoms with van der Waals surface area (Å²) in [6.45, 7) is 0. The maximum absolute atomic E-state index is 12.6. The summed E-state index contributed by atoms with van der Waals surface area (Å²) in [5.41, 5.74) is 0. The monoisotopic (exact) mass is 212 g/mol. The second-order valence-corrected chi connectivity index (χ2v) is 2.17. The first-order valence-corrected chi connectivity index (χ1v) is 3.25. The molecule has 0 atom stereocenters. The number of hydrogen-bond donors (Lipinski definition) is 1. The van der Waals surface area contributed by atoms with E-state index < -0.39 is 42.5 Å². The van der Waals surface area contributed by atoms with E-state index in [0.717, 1.165) is 0 Å². The van der Waals surface area contributed by atoms with Gasteiger partial charge in [0, 0.05) is 0 Å². The summed E-state index contributed by atoms with van der Waals surface area (Å²) >= 11 is 0. The molecular weight excluding hydrogens is 210 g/mol. The van der Waals surface area contributed by atoms with Gasteiger partial charge in [-0.05, 0) is 0 Å². The van der Waals surface area contributed by atoms with E-state index in [9.17, 15) is 22.0 Å². The average molecular weight is 212 g/mol. The van der Waals surface area contributed by atoms with Gasteiger partial charge >= 0.3 is 7.69 Å². The number of halogens is 5. The fourth-order valence-electron chi connectivity index (χ4n) is 0.776. The summed E-state index contributed by atoms with van der Waals surface area (Å²) in [4.78, 5) is 0. The lowest BCUT2D eigenvalue weighted by molar-refractivity contribution is 0.338. The van der Waals surface area contributed by atoms with Gasteiger partial charge in [0.2, 0.25) is 29.1 Å². The van der Waals surface area contributed by atoms with Gasteiger partial charge in [0.05, 0.1) is 0 Å². The minimum Gasteiger partial charge on any atom is -0.535 e. The molecule has 0 aliphatic carbocycles. The van der Waals surface area contributed by atoms with Gasteiger partial charge in [0.25, 0.3) is 0 Å². The third kappa shape index (κ3) is 1.52. The second-order valence-electron chi connectivity index (χ2n) is 2.17. The third-order valence-electron chi connectivity index (χ3n) is 1.38. The van der Waals surface area contributed by atoms with Crippen LogP contribution in [0.1, 0.15) is 0 Å². The van der Waals surface area contributed by atoms with Crippen molar-refractivity contribution in [3.8, 4) is 5.75 Å². The zero-order valence-corrected chi connectivity index (χ0v) is 6.45. The molecule has 0 saturated carbocycles. The van der Waals surface area contributed by atoms with Crippen LogP contribution in [-0.2, 0) is 0 Å². The minimum atomic E-state index is -2.27. The average Bonchev–Trinajstić information content (AvgIpc) is 2.19. The molecule has 0 heterocycles. The van der Waals surface area contributed by atoms with E-state index in [0.29, 0.717) is 0 Å². The van der Waals surface area contributed by atoms with E-state index in [-0.39, 0.29) is 0 Å². The number of rotatable bonds is 2. The molecule has 8 heteroatoms. The summed E-state index contributed by atoms with van der Waals surface area (Å²) in [6, 6.07) is 0. The molecule has 0 aliphatic rings. The van der Waals surface area contributed by atoms with Gasteiger partial charge in [-0.2, -0.15) is 8.78 Å². The molecule has 1 N–H and O–H groups in total. The van der Waals surface area contributed by atoms with Crippen LogP contribution in [0.4, 0.5) is 22.0 Å². The van der Waals surface area contributed by atoms with Crippen LogP contribution in [0, 0.1) is 29.1 Å². The van der Waals surface area contributed by atoms with E-state index in [4.69, 9.17) is 5.02 Å². The van der Waals surface area contributed by atoms with Crippen molar-refractivity contribution in [2.24, 2.45) is 0 Å². The smallest absolute Gasteiger partial charge is 0.504 e. The lowest BCUT2D eigenvalue weighted by atomic mass is 10.2. The summed E-state index contributed by atoms with van der Waals surface area (Å²) < 4.78 is 66.3. The van der Waals surface area contributed by atoms with Crippen molar-refractivity contribution < 1.29 is 31.6 Å².